The normalized spacial score (nSPS) is 20.8. The van der Waals surface area contributed by atoms with Gasteiger partial charge in [-0.15, -0.1) is 0 Å². The van der Waals surface area contributed by atoms with E-state index >= 15 is 0 Å². The minimum absolute atomic E-state index is 0.0000750. The number of amides is 2. The van der Waals surface area contributed by atoms with E-state index in [2.05, 4.69) is 34.9 Å². The number of hydrogen-bond donors (Lipinski definition) is 2. The van der Waals surface area contributed by atoms with E-state index in [0.29, 0.717) is 6.42 Å². The lowest BCUT2D eigenvalue weighted by Gasteiger charge is -2.40. The predicted octanol–water partition coefficient (Wildman–Crippen LogP) is 4.70. The highest BCUT2D eigenvalue weighted by molar-refractivity contribution is 5.94. The molecule has 2 heterocycles. The van der Waals surface area contributed by atoms with Crippen molar-refractivity contribution in [1.29, 1.82) is 0 Å². The standard InChI is InChI=1S/C27H33N3O2.C2H6/c31-25(30-16-13-27(14-17-30)12-11-20-6-1-3-9-23(20)27)18-21-7-2-4-10-24(21)29-26(32)22-8-5-15-28-19-22;1-2/h1-4,6-7,9-10,22,28H,5,8,11-19H2,(H,29,32);1-2H3. The minimum Gasteiger partial charge on any atom is -0.342 e. The zero-order valence-electron chi connectivity index (χ0n) is 20.7. The molecule has 34 heavy (non-hydrogen) atoms. The van der Waals surface area contributed by atoms with Gasteiger partial charge in [-0.2, -0.15) is 0 Å². The van der Waals surface area contributed by atoms with Crippen LogP contribution in [0.5, 0.6) is 0 Å². The summed E-state index contributed by atoms with van der Waals surface area (Å²) in [6.45, 7) is 7.34. The van der Waals surface area contributed by atoms with Gasteiger partial charge < -0.3 is 15.5 Å². The fourth-order valence-corrected chi connectivity index (χ4v) is 5.85. The van der Waals surface area contributed by atoms with Crippen LogP contribution in [0.2, 0.25) is 0 Å². The molecule has 5 rings (SSSR count). The van der Waals surface area contributed by atoms with Gasteiger partial charge in [0, 0.05) is 25.3 Å². The van der Waals surface area contributed by atoms with Gasteiger partial charge in [-0.1, -0.05) is 56.3 Å². The van der Waals surface area contributed by atoms with Crippen molar-refractivity contribution in [3.8, 4) is 0 Å². The number of anilines is 1. The summed E-state index contributed by atoms with van der Waals surface area (Å²) in [5.74, 6) is 0.212. The molecule has 0 saturated carbocycles. The molecule has 1 aliphatic carbocycles. The van der Waals surface area contributed by atoms with Gasteiger partial charge in [-0.25, -0.2) is 0 Å². The maximum Gasteiger partial charge on any atom is 0.228 e. The second-order valence-electron chi connectivity index (χ2n) is 9.68. The van der Waals surface area contributed by atoms with Crippen LogP contribution in [-0.2, 0) is 27.8 Å². The van der Waals surface area contributed by atoms with Crippen molar-refractivity contribution in [3.05, 3.63) is 65.2 Å². The summed E-state index contributed by atoms with van der Waals surface area (Å²) < 4.78 is 0. The molecule has 1 spiro atoms. The number of aryl methyl sites for hydroxylation is 1. The van der Waals surface area contributed by atoms with Gasteiger partial charge in [-0.05, 0) is 73.2 Å². The summed E-state index contributed by atoms with van der Waals surface area (Å²) in [6.07, 6.45) is 6.74. The fourth-order valence-electron chi connectivity index (χ4n) is 5.85. The van der Waals surface area contributed by atoms with E-state index in [1.165, 1.54) is 17.5 Å². The van der Waals surface area contributed by atoms with E-state index < -0.39 is 0 Å². The Kier molecular flexibility index (Phi) is 8.04. The van der Waals surface area contributed by atoms with E-state index in [0.717, 1.165) is 69.5 Å². The van der Waals surface area contributed by atoms with Crippen molar-refractivity contribution in [2.45, 2.75) is 64.2 Å². The maximum atomic E-state index is 13.2. The molecule has 5 nitrogen and oxygen atoms in total. The zero-order valence-corrected chi connectivity index (χ0v) is 20.7. The highest BCUT2D eigenvalue weighted by Gasteiger charge is 2.41. The van der Waals surface area contributed by atoms with Crippen LogP contribution >= 0.6 is 0 Å². The van der Waals surface area contributed by atoms with Crippen LogP contribution in [0.4, 0.5) is 5.69 Å². The molecule has 5 heteroatoms. The average Bonchev–Trinajstić information content (AvgIpc) is 3.25. The van der Waals surface area contributed by atoms with Gasteiger partial charge in [0.25, 0.3) is 0 Å². The molecule has 0 aromatic heterocycles. The van der Waals surface area contributed by atoms with Crippen LogP contribution in [-0.4, -0.2) is 42.9 Å². The summed E-state index contributed by atoms with van der Waals surface area (Å²) in [4.78, 5) is 27.9. The number of fused-ring (bicyclic) bond motifs is 2. The molecule has 2 aromatic carbocycles. The molecule has 2 saturated heterocycles. The van der Waals surface area contributed by atoms with E-state index in [4.69, 9.17) is 0 Å². The highest BCUT2D eigenvalue weighted by atomic mass is 16.2. The Bertz CT molecular complexity index is 988. The Morgan fingerprint density at radius 3 is 2.53 bits per heavy atom. The maximum absolute atomic E-state index is 13.2. The summed E-state index contributed by atoms with van der Waals surface area (Å²) in [7, 11) is 0. The summed E-state index contributed by atoms with van der Waals surface area (Å²) in [6, 6.07) is 16.6. The second kappa shape index (κ2) is 11.2. The first-order valence-corrected chi connectivity index (χ1v) is 13.1. The first-order chi connectivity index (χ1) is 16.6. The second-order valence-corrected chi connectivity index (χ2v) is 9.68. The summed E-state index contributed by atoms with van der Waals surface area (Å²) in [5, 5.41) is 6.39. The molecule has 2 aromatic rings. The van der Waals surface area contributed by atoms with Crippen LogP contribution in [0.25, 0.3) is 0 Å². The predicted molar refractivity (Wildman–Crippen MR) is 138 cm³/mol. The molecule has 2 N–H and O–H groups in total. The van der Waals surface area contributed by atoms with Crippen LogP contribution in [0.1, 0.15) is 62.6 Å². The third kappa shape index (κ3) is 5.20. The van der Waals surface area contributed by atoms with E-state index in [-0.39, 0.29) is 23.1 Å². The Hall–Kier alpha value is -2.66. The average molecular weight is 462 g/mol. The van der Waals surface area contributed by atoms with E-state index in [1.807, 2.05) is 43.0 Å². The molecule has 2 amide bonds. The van der Waals surface area contributed by atoms with Crippen molar-refractivity contribution in [2.24, 2.45) is 5.92 Å². The van der Waals surface area contributed by atoms with Crippen molar-refractivity contribution in [1.82, 2.24) is 10.2 Å². The number of carbonyl (C=O) groups is 2. The van der Waals surface area contributed by atoms with E-state index in [9.17, 15) is 9.59 Å². The minimum atomic E-state index is 0.0000750. The topological polar surface area (TPSA) is 61.4 Å². The monoisotopic (exact) mass is 461 g/mol. The number of hydrogen-bond acceptors (Lipinski definition) is 3. The van der Waals surface area contributed by atoms with Gasteiger partial charge >= 0.3 is 0 Å². The quantitative estimate of drug-likeness (QED) is 0.694. The first kappa shape index (κ1) is 24.5. The number of rotatable bonds is 4. The van der Waals surface area contributed by atoms with Crippen molar-refractivity contribution in [2.75, 3.05) is 31.5 Å². The molecule has 0 radical (unpaired) electrons. The van der Waals surface area contributed by atoms with Crippen molar-refractivity contribution < 1.29 is 9.59 Å². The summed E-state index contributed by atoms with van der Waals surface area (Å²) >= 11 is 0. The number of carbonyl (C=O) groups excluding carboxylic acids is 2. The molecule has 1 unspecified atom stereocenters. The number of likely N-dealkylation sites (tertiary alicyclic amines) is 1. The Morgan fingerprint density at radius 2 is 1.76 bits per heavy atom. The Morgan fingerprint density at radius 1 is 1.03 bits per heavy atom. The van der Waals surface area contributed by atoms with Gasteiger partial charge in [-0.3, -0.25) is 9.59 Å². The SMILES string of the molecule is CC.O=C(Nc1ccccc1CC(=O)N1CCC2(CCc3ccccc32)CC1)C1CCCNC1. The number of nitrogens with one attached hydrogen (secondary N) is 2. The number of benzene rings is 2. The lowest BCUT2D eigenvalue weighted by Crippen LogP contribution is -2.45. The van der Waals surface area contributed by atoms with Gasteiger partial charge in [0.1, 0.15) is 0 Å². The van der Waals surface area contributed by atoms with Gasteiger partial charge in [0.05, 0.1) is 12.3 Å². The first-order valence-electron chi connectivity index (χ1n) is 13.1. The highest BCUT2D eigenvalue weighted by Crippen LogP contribution is 2.46. The third-order valence-corrected chi connectivity index (χ3v) is 7.82. The molecule has 182 valence electrons. The molecule has 2 aliphatic heterocycles. The van der Waals surface area contributed by atoms with Crippen molar-refractivity contribution in [3.63, 3.8) is 0 Å². The number of piperidine rings is 2. The summed E-state index contributed by atoms with van der Waals surface area (Å²) in [5.41, 5.74) is 4.94. The molecule has 3 aliphatic rings. The third-order valence-electron chi connectivity index (χ3n) is 7.82. The molecule has 1 atom stereocenters. The molecule has 2 fully saturated rings. The van der Waals surface area contributed by atoms with Gasteiger partial charge in [0.15, 0.2) is 0 Å². The van der Waals surface area contributed by atoms with Crippen LogP contribution in [0.3, 0.4) is 0 Å². The van der Waals surface area contributed by atoms with E-state index in [1.54, 1.807) is 0 Å². The van der Waals surface area contributed by atoms with Crippen molar-refractivity contribution >= 4 is 17.5 Å². The Labute approximate surface area is 204 Å². The number of para-hydroxylation sites is 1. The molecular weight excluding hydrogens is 422 g/mol. The number of nitrogens with zero attached hydrogens (tertiary/aromatic N) is 1. The lowest BCUT2D eigenvalue weighted by molar-refractivity contribution is -0.132. The smallest absolute Gasteiger partial charge is 0.228 e. The Balaban J connectivity index is 0.00000133. The van der Waals surface area contributed by atoms with Gasteiger partial charge in [0.2, 0.25) is 11.8 Å². The lowest BCUT2D eigenvalue weighted by atomic mass is 9.74. The van der Waals surface area contributed by atoms with Crippen LogP contribution < -0.4 is 10.6 Å². The molecule has 0 bridgehead atoms. The zero-order chi connectivity index (χ0) is 24.0. The van der Waals surface area contributed by atoms with Crippen LogP contribution in [0.15, 0.2) is 48.5 Å². The fraction of sp³-hybridized carbons (Fsp3) is 0.517. The molecular formula is C29H39N3O2. The van der Waals surface area contributed by atoms with Crippen LogP contribution in [0, 0.1) is 5.92 Å². The largest absolute Gasteiger partial charge is 0.342 e.